The number of aromatic nitrogens is 2. The Morgan fingerprint density at radius 1 is 1.21 bits per heavy atom. The number of ether oxygens (including phenoxy) is 4. The van der Waals surface area contributed by atoms with Gasteiger partial charge < -0.3 is 34.5 Å². The molecule has 5 rings (SSSR count). The zero-order valence-corrected chi connectivity index (χ0v) is 16.3. The van der Waals surface area contributed by atoms with Crippen LogP contribution in [0.3, 0.4) is 0 Å². The van der Waals surface area contributed by atoms with Crippen molar-refractivity contribution in [3.8, 4) is 23.0 Å². The first-order valence-electron chi connectivity index (χ1n) is 18.5. The van der Waals surface area contributed by atoms with Gasteiger partial charge in [0.1, 0.15) is 12.4 Å². The summed E-state index contributed by atoms with van der Waals surface area (Å²) >= 11 is 0. The third-order valence-electron chi connectivity index (χ3n) is 4.39. The number of hydrogen-bond acceptors (Lipinski definition) is 9. The normalized spacial score (nSPS) is 35.1. The van der Waals surface area contributed by atoms with E-state index in [0.717, 1.165) is 0 Å². The molecule has 1 atom stereocenters. The number of rotatable bonds is 5. The number of para-hydroxylation sites is 2. The summed E-state index contributed by atoms with van der Waals surface area (Å²) < 4.78 is 177. The number of carbonyl (C=O) groups is 1. The van der Waals surface area contributed by atoms with Crippen molar-refractivity contribution in [3.63, 3.8) is 0 Å². The van der Waals surface area contributed by atoms with E-state index in [4.69, 9.17) is 45.1 Å². The Labute approximate surface area is 217 Å². The number of anilines is 2. The molecule has 172 valence electrons. The molecule has 0 spiro atoms. The number of benzene rings is 2. The van der Waals surface area contributed by atoms with E-state index in [9.17, 15) is 4.79 Å². The average molecular weight is 471 g/mol. The molecule has 0 aliphatic carbocycles. The lowest BCUT2D eigenvalue weighted by Gasteiger charge is -2.37. The SMILES string of the molecule is [2H]c1c(OC([2H])([2H])[2H])c(OC([2H])([2H])[2H])c([2H])c2c(N([2H])[2H])nc(N3C([2H])([2H])C([2H])([2H])N(C(=O)C4([2H])COc5ccccc5O4)C([2H])([2H])C3([2H])[2H])nc12. The highest BCUT2D eigenvalue weighted by atomic mass is 16.6. The van der Waals surface area contributed by atoms with E-state index in [-0.39, 0.29) is 22.1 Å². The van der Waals surface area contributed by atoms with Gasteiger partial charge in [-0.05, 0) is 18.2 Å². The van der Waals surface area contributed by atoms with E-state index >= 15 is 0 Å². The lowest BCUT2D eigenvalue weighted by molar-refractivity contribution is -0.141. The smallest absolute Gasteiger partial charge is 0.267 e. The van der Waals surface area contributed by atoms with Crippen molar-refractivity contribution in [1.82, 2.24) is 14.9 Å². The summed E-state index contributed by atoms with van der Waals surface area (Å²) in [5.41, 5.74) is -1.38. The van der Waals surface area contributed by atoms with Crippen molar-refractivity contribution in [3.05, 3.63) is 36.4 Å². The number of nitrogens with two attached hydrogens (primary N) is 1. The molecule has 3 heterocycles. The molecule has 0 saturated carbocycles. The van der Waals surface area contributed by atoms with Crippen LogP contribution >= 0.6 is 0 Å². The molecule has 2 aliphatic heterocycles. The summed E-state index contributed by atoms with van der Waals surface area (Å²) in [6.07, 6.45) is -2.98. The molecule has 10 nitrogen and oxygen atoms in total. The lowest BCUT2D eigenvalue weighted by Crippen LogP contribution is -2.54. The van der Waals surface area contributed by atoms with E-state index < -0.39 is 110 Å². The molecule has 10 heteroatoms. The van der Waals surface area contributed by atoms with Gasteiger partial charge in [0.2, 0.25) is 12.0 Å². The van der Waals surface area contributed by atoms with Crippen LogP contribution < -0.4 is 29.6 Å². The van der Waals surface area contributed by atoms with E-state index in [1.165, 1.54) is 24.3 Å². The van der Waals surface area contributed by atoms with E-state index in [0.29, 0.717) is 0 Å². The molecule has 2 aromatic carbocycles. The molecule has 1 saturated heterocycles. The summed E-state index contributed by atoms with van der Waals surface area (Å²) in [7, 11) is -6.81. The maximum atomic E-state index is 13.9. The van der Waals surface area contributed by atoms with Gasteiger partial charge in [-0.2, -0.15) is 4.98 Å². The first-order valence-corrected chi connectivity index (χ1v) is 9.06. The topological polar surface area (TPSA) is 112 Å². The molecule has 2 aliphatic rings. The van der Waals surface area contributed by atoms with Gasteiger partial charge in [-0.25, -0.2) is 4.98 Å². The van der Waals surface area contributed by atoms with Gasteiger partial charge in [0, 0.05) is 37.4 Å². The van der Waals surface area contributed by atoms with Gasteiger partial charge in [-0.3, -0.25) is 4.79 Å². The van der Waals surface area contributed by atoms with Crippen LogP contribution in [-0.2, 0) is 4.79 Å². The van der Waals surface area contributed by atoms with Crippen LogP contribution in [0.15, 0.2) is 36.4 Å². The standard InChI is InChI=1S/C23H25N5O5/c1-30-18-11-14-15(12-19(18)31-2)25-23(26-21(14)24)28-9-7-27(8-10-28)22(29)20-13-32-16-5-3-4-6-17(16)33-20/h3-6,11-12,20H,7-10,13H2,1-2H3,(H2,24,25,26)/i1D3,2D3,7D2,8D2,9D2,10D2,11D,12D,20D/hD2. The Morgan fingerprint density at radius 2 is 1.97 bits per heavy atom. The van der Waals surface area contributed by atoms with Crippen molar-refractivity contribution < 1.29 is 49.9 Å². The second-order valence-corrected chi connectivity index (χ2v) is 6.37. The molecule has 0 bridgehead atoms. The molecule has 3 aromatic rings. The van der Waals surface area contributed by atoms with Gasteiger partial charge in [0.05, 0.1) is 42.9 Å². The summed E-state index contributed by atoms with van der Waals surface area (Å²) in [5, 5.41) is -0.872. The quantitative estimate of drug-likeness (QED) is 0.595. The maximum absolute atomic E-state index is 13.9. The Morgan fingerprint density at radius 3 is 2.73 bits per heavy atom. The van der Waals surface area contributed by atoms with Crippen LogP contribution in [0.25, 0.3) is 10.9 Å². The molecule has 33 heavy (non-hydrogen) atoms. The number of carbonyl (C=O) groups excluding carboxylic acids is 1. The second kappa shape index (κ2) is 8.53. The monoisotopic (exact) mass is 470 g/mol. The third kappa shape index (κ3) is 3.88. The van der Waals surface area contributed by atoms with Gasteiger partial charge in [-0.1, -0.05) is 12.1 Å². The van der Waals surface area contributed by atoms with Crippen molar-refractivity contribution in [2.45, 2.75) is 6.08 Å². The highest BCUT2D eigenvalue weighted by molar-refractivity contribution is 5.91. The number of nitrogen functional groups attached to an aromatic ring is 1. The zero-order chi connectivity index (χ0) is 39.4. The van der Waals surface area contributed by atoms with Crippen LogP contribution in [0, 0.1) is 0 Å². The van der Waals surface area contributed by atoms with Crippen LogP contribution in [-0.4, -0.2) is 73.5 Å². The Bertz CT molecular complexity index is 1910. The lowest BCUT2D eigenvalue weighted by atomic mass is 10.2. The van der Waals surface area contributed by atoms with Crippen LogP contribution in [0.1, 0.15) is 23.3 Å². The predicted molar refractivity (Wildman–Crippen MR) is 122 cm³/mol. The number of nitrogens with zero attached hydrogens (tertiary/aromatic N) is 4. The molecular formula is C23H25N5O5. The van der Waals surface area contributed by atoms with Crippen molar-refractivity contribution >= 4 is 28.6 Å². The fraction of sp³-hybridized carbons (Fsp3) is 0.348. The minimum atomic E-state index is -3.97. The molecule has 2 N–H and O–H groups in total. The molecule has 1 amide bonds. The average Bonchev–Trinajstić information content (AvgIpc) is 2.98. The fourth-order valence-corrected chi connectivity index (χ4v) is 2.87. The van der Waals surface area contributed by atoms with Crippen LogP contribution in [0.2, 0.25) is 2.82 Å². The van der Waals surface area contributed by atoms with Gasteiger partial charge in [-0.15, -0.1) is 0 Å². The molecular weight excluding hydrogens is 426 g/mol. The number of hydrogen-bond donors (Lipinski definition) is 1. The van der Waals surface area contributed by atoms with Gasteiger partial charge in [0.15, 0.2) is 25.8 Å². The summed E-state index contributed by atoms with van der Waals surface area (Å²) in [4.78, 5) is 20.6. The van der Waals surface area contributed by atoms with E-state index in [2.05, 4.69) is 9.97 Å². The zero-order valence-electron chi connectivity index (χ0n) is 35.3. The number of amides is 1. The molecule has 1 fully saturated rings. The highest BCUT2D eigenvalue weighted by Crippen LogP contribution is 2.34. The van der Waals surface area contributed by atoms with Gasteiger partial charge in [0.25, 0.3) is 5.91 Å². The molecule has 1 aromatic heterocycles. The van der Waals surface area contributed by atoms with Crippen LogP contribution in [0.5, 0.6) is 23.0 Å². The minimum absolute atomic E-state index is 0.0656. The molecule has 1 unspecified atom stereocenters. The van der Waals surface area contributed by atoms with E-state index in [1.54, 1.807) is 0 Å². The van der Waals surface area contributed by atoms with E-state index in [1.807, 2.05) is 0 Å². The first-order chi connectivity index (χ1) is 23.5. The Balaban J connectivity index is 1.74. The first kappa shape index (κ1) is 8.44. The Kier molecular flexibility index (Phi) is 2.18. The second-order valence-electron chi connectivity index (χ2n) is 6.37. The van der Waals surface area contributed by atoms with Gasteiger partial charge >= 0.3 is 0 Å². The third-order valence-corrected chi connectivity index (χ3v) is 4.39. The predicted octanol–water partition coefficient (Wildman–Crippen LogP) is 1.72. The summed E-state index contributed by atoms with van der Waals surface area (Å²) in [6.45, 7) is -16.8. The number of piperazine rings is 1. The molecule has 0 radical (unpaired) electrons. The number of fused-ring (bicyclic) bond motifs is 2. The highest BCUT2D eigenvalue weighted by Gasteiger charge is 2.33. The van der Waals surface area contributed by atoms with Crippen LogP contribution in [0.4, 0.5) is 11.8 Å². The summed E-state index contributed by atoms with van der Waals surface area (Å²) in [6, 6.07) is 3.27. The Hall–Kier alpha value is -3.95. The number of methoxy groups -OCH3 is 2. The largest absolute Gasteiger partial charge is 0.493 e. The van der Waals surface area contributed by atoms with Crippen molar-refractivity contribution in [2.75, 3.05) is 57.3 Å². The minimum Gasteiger partial charge on any atom is -0.493 e. The fourth-order valence-electron chi connectivity index (χ4n) is 2.87. The van der Waals surface area contributed by atoms with Crippen molar-refractivity contribution in [1.29, 1.82) is 0 Å². The summed E-state index contributed by atoms with van der Waals surface area (Å²) in [5.74, 6) is -6.99. The maximum Gasteiger partial charge on any atom is 0.267 e. The van der Waals surface area contributed by atoms with Crippen molar-refractivity contribution in [2.24, 2.45) is 0 Å².